The standard InChI is InChI=1S/C16H24N2O3/c1-3-13(4-2)14-7-8-17(10-14)16-9-12(11-19)5-6-15(16)18(20)21/h5-6,9,13-14,19H,3-4,7-8,10-11H2,1-2H3. The van der Waals surface area contributed by atoms with Crippen LogP contribution in [0, 0.1) is 22.0 Å². The number of nitrogens with zero attached hydrogens (tertiary/aromatic N) is 2. The highest BCUT2D eigenvalue weighted by molar-refractivity contribution is 5.65. The number of rotatable bonds is 6. The fourth-order valence-corrected chi connectivity index (χ4v) is 3.42. The molecule has 1 saturated heterocycles. The quantitative estimate of drug-likeness (QED) is 0.645. The number of nitro groups is 1. The first-order valence-electron chi connectivity index (χ1n) is 7.73. The smallest absolute Gasteiger partial charge is 0.292 e. The van der Waals surface area contributed by atoms with E-state index in [0.29, 0.717) is 17.5 Å². The number of hydrogen-bond acceptors (Lipinski definition) is 4. The Hall–Kier alpha value is -1.62. The van der Waals surface area contributed by atoms with Gasteiger partial charge in [0.2, 0.25) is 0 Å². The predicted octanol–water partition coefficient (Wildman–Crippen LogP) is 3.35. The molecule has 2 rings (SSSR count). The molecule has 116 valence electrons. The molecule has 0 bridgehead atoms. The van der Waals surface area contributed by atoms with Crippen LogP contribution in [0.25, 0.3) is 0 Å². The molecule has 1 aliphatic heterocycles. The fraction of sp³-hybridized carbons (Fsp3) is 0.625. The number of aliphatic hydroxyl groups excluding tert-OH is 1. The summed E-state index contributed by atoms with van der Waals surface area (Å²) >= 11 is 0. The van der Waals surface area contributed by atoms with E-state index in [4.69, 9.17) is 0 Å². The molecule has 1 unspecified atom stereocenters. The molecule has 1 atom stereocenters. The molecule has 1 aliphatic rings. The molecule has 0 saturated carbocycles. The van der Waals surface area contributed by atoms with E-state index in [9.17, 15) is 15.2 Å². The van der Waals surface area contributed by atoms with Crippen molar-refractivity contribution < 1.29 is 10.0 Å². The van der Waals surface area contributed by atoms with Crippen molar-refractivity contribution in [3.8, 4) is 0 Å². The van der Waals surface area contributed by atoms with E-state index in [1.54, 1.807) is 12.1 Å². The van der Waals surface area contributed by atoms with Crippen molar-refractivity contribution in [2.45, 2.75) is 39.7 Å². The monoisotopic (exact) mass is 292 g/mol. The van der Waals surface area contributed by atoms with E-state index in [1.165, 1.54) is 6.07 Å². The molecule has 1 aromatic rings. The largest absolute Gasteiger partial charge is 0.392 e. The Labute approximate surface area is 125 Å². The van der Waals surface area contributed by atoms with Crippen LogP contribution in [-0.4, -0.2) is 23.1 Å². The van der Waals surface area contributed by atoms with Gasteiger partial charge in [-0.1, -0.05) is 26.7 Å². The van der Waals surface area contributed by atoms with Crippen LogP contribution in [-0.2, 0) is 6.61 Å². The van der Waals surface area contributed by atoms with Crippen molar-refractivity contribution in [1.29, 1.82) is 0 Å². The minimum atomic E-state index is -0.332. The van der Waals surface area contributed by atoms with Gasteiger partial charge in [-0.2, -0.15) is 0 Å². The fourth-order valence-electron chi connectivity index (χ4n) is 3.42. The molecular formula is C16H24N2O3. The number of anilines is 1. The zero-order chi connectivity index (χ0) is 15.4. The lowest BCUT2D eigenvalue weighted by Gasteiger charge is -2.23. The molecular weight excluding hydrogens is 268 g/mol. The molecule has 21 heavy (non-hydrogen) atoms. The zero-order valence-corrected chi connectivity index (χ0v) is 12.8. The third-order valence-corrected chi connectivity index (χ3v) is 4.70. The maximum Gasteiger partial charge on any atom is 0.292 e. The number of benzene rings is 1. The molecule has 5 nitrogen and oxygen atoms in total. The van der Waals surface area contributed by atoms with Gasteiger partial charge in [0.15, 0.2) is 0 Å². The average molecular weight is 292 g/mol. The van der Waals surface area contributed by atoms with E-state index < -0.39 is 0 Å². The molecule has 0 amide bonds. The van der Waals surface area contributed by atoms with Crippen LogP contribution in [0.2, 0.25) is 0 Å². The first kappa shape index (κ1) is 15.8. The Morgan fingerprint density at radius 3 is 2.71 bits per heavy atom. The second kappa shape index (κ2) is 6.89. The van der Waals surface area contributed by atoms with Crippen molar-refractivity contribution in [2.24, 2.45) is 11.8 Å². The molecule has 1 aromatic carbocycles. The molecule has 0 radical (unpaired) electrons. The minimum absolute atomic E-state index is 0.0885. The van der Waals surface area contributed by atoms with Crippen LogP contribution in [0.4, 0.5) is 11.4 Å². The van der Waals surface area contributed by atoms with Gasteiger partial charge in [0.1, 0.15) is 5.69 Å². The summed E-state index contributed by atoms with van der Waals surface area (Å²) in [5.41, 5.74) is 1.51. The molecule has 1 N–H and O–H groups in total. The summed E-state index contributed by atoms with van der Waals surface area (Å²) in [6.07, 6.45) is 3.41. The topological polar surface area (TPSA) is 66.6 Å². The highest BCUT2D eigenvalue weighted by Gasteiger charge is 2.31. The van der Waals surface area contributed by atoms with Gasteiger partial charge in [-0.15, -0.1) is 0 Å². The van der Waals surface area contributed by atoms with Crippen LogP contribution < -0.4 is 4.90 Å². The summed E-state index contributed by atoms with van der Waals surface area (Å²) in [7, 11) is 0. The Morgan fingerprint density at radius 2 is 2.14 bits per heavy atom. The first-order chi connectivity index (χ1) is 10.1. The summed E-state index contributed by atoms with van der Waals surface area (Å²) in [6.45, 7) is 6.07. The molecule has 1 fully saturated rings. The van der Waals surface area contributed by atoms with Crippen LogP contribution >= 0.6 is 0 Å². The highest BCUT2D eigenvalue weighted by Crippen LogP contribution is 2.36. The van der Waals surface area contributed by atoms with Crippen molar-refractivity contribution in [3.05, 3.63) is 33.9 Å². The zero-order valence-electron chi connectivity index (χ0n) is 12.8. The second-order valence-electron chi connectivity index (χ2n) is 5.81. The van der Waals surface area contributed by atoms with Gasteiger partial charge < -0.3 is 10.0 Å². The van der Waals surface area contributed by atoms with Crippen LogP contribution in [0.15, 0.2) is 18.2 Å². The molecule has 5 heteroatoms. The van der Waals surface area contributed by atoms with E-state index in [0.717, 1.165) is 37.9 Å². The summed E-state index contributed by atoms with van der Waals surface area (Å²) in [4.78, 5) is 13.0. The summed E-state index contributed by atoms with van der Waals surface area (Å²) in [5, 5.41) is 20.5. The van der Waals surface area contributed by atoms with E-state index in [1.807, 2.05) is 0 Å². The van der Waals surface area contributed by atoms with Gasteiger partial charge in [-0.05, 0) is 36.0 Å². The Bertz CT molecular complexity index is 500. The highest BCUT2D eigenvalue weighted by atomic mass is 16.6. The Kier molecular flexibility index (Phi) is 5.17. The van der Waals surface area contributed by atoms with Crippen LogP contribution in [0.5, 0.6) is 0 Å². The lowest BCUT2D eigenvalue weighted by Crippen LogP contribution is -2.23. The Balaban J connectivity index is 2.24. The van der Waals surface area contributed by atoms with E-state index in [-0.39, 0.29) is 17.2 Å². The predicted molar refractivity (Wildman–Crippen MR) is 83.4 cm³/mol. The lowest BCUT2D eigenvalue weighted by atomic mass is 9.87. The van der Waals surface area contributed by atoms with Crippen LogP contribution in [0.3, 0.4) is 0 Å². The summed E-state index contributed by atoms with van der Waals surface area (Å²) in [6, 6.07) is 4.88. The van der Waals surface area contributed by atoms with Crippen LogP contribution in [0.1, 0.15) is 38.7 Å². The van der Waals surface area contributed by atoms with Crippen molar-refractivity contribution in [2.75, 3.05) is 18.0 Å². The van der Waals surface area contributed by atoms with Gasteiger partial charge in [-0.25, -0.2) is 0 Å². The third-order valence-electron chi connectivity index (χ3n) is 4.70. The summed E-state index contributed by atoms with van der Waals surface area (Å²) < 4.78 is 0. The van der Waals surface area contributed by atoms with E-state index in [2.05, 4.69) is 18.7 Å². The molecule has 1 heterocycles. The SMILES string of the molecule is CCC(CC)C1CCN(c2cc(CO)ccc2[N+](=O)[O-])C1. The number of nitro benzene ring substituents is 1. The molecule has 0 spiro atoms. The second-order valence-corrected chi connectivity index (χ2v) is 5.81. The first-order valence-corrected chi connectivity index (χ1v) is 7.73. The normalized spacial score (nSPS) is 18.5. The average Bonchev–Trinajstić information content (AvgIpc) is 2.97. The maximum absolute atomic E-state index is 11.2. The number of hydrogen-bond donors (Lipinski definition) is 1. The van der Waals surface area contributed by atoms with Gasteiger partial charge in [-0.3, -0.25) is 10.1 Å². The van der Waals surface area contributed by atoms with Gasteiger partial charge in [0.05, 0.1) is 11.5 Å². The van der Waals surface area contributed by atoms with Gasteiger partial charge >= 0.3 is 0 Å². The Morgan fingerprint density at radius 1 is 1.43 bits per heavy atom. The lowest BCUT2D eigenvalue weighted by molar-refractivity contribution is -0.384. The van der Waals surface area contributed by atoms with Crippen molar-refractivity contribution in [1.82, 2.24) is 0 Å². The van der Waals surface area contributed by atoms with Crippen molar-refractivity contribution >= 4 is 11.4 Å². The number of aliphatic hydroxyl groups is 1. The minimum Gasteiger partial charge on any atom is -0.392 e. The summed E-state index contributed by atoms with van der Waals surface area (Å²) in [5.74, 6) is 1.30. The molecule has 0 aliphatic carbocycles. The van der Waals surface area contributed by atoms with E-state index >= 15 is 0 Å². The van der Waals surface area contributed by atoms with Gasteiger partial charge in [0.25, 0.3) is 5.69 Å². The van der Waals surface area contributed by atoms with Gasteiger partial charge in [0, 0.05) is 19.2 Å². The maximum atomic E-state index is 11.2. The van der Waals surface area contributed by atoms with Crippen molar-refractivity contribution in [3.63, 3.8) is 0 Å². The third kappa shape index (κ3) is 3.35. The molecule has 0 aromatic heterocycles.